The minimum atomic E-state index is -3.42. The van der Waals surface area contributed by atoms with E-state index in [0.29, 0.717) is 5.56 Å². The molecule has 8 nitrogen and oxygen atoms in total. The molecular formula is C39H37F2N5O3. The van der Waals surface area contributed by atoms with Crippen molar-refractivity contribution >= 4 is 22.8 Å². The lowest BCUT2D eigenvalue weighted by Gasteiger charge is -2.37. The largest absolute Gasteiger partial charge is 0.390 e. The molecule has 0 fully saturated rings. The molecule has 6 aromatic rings. The Balaban J connectivity index is 1.60. The summed E-state index contributed by atoms with van der Waals surface area (Å²) in [6.45, 7) is 3.23. The van der Waals surface area contributed by atoms with Crippen molar-refractivity contribution in [3.8, 4) is 0 Å². The highest BCUT2D eigenvalue weighted by atomic mass is 19.3. The smallest absolute Gasteiger partial charge is 0.320 e. The Labute approximate surface area is 283 Å². The zero-order valence-corrected chi connectivity index (χ0v) is 27.3. The topological polar surface area (TPSA) is 112 Å². The van der Waals surface area contributed by atoms with E-state index in [2.05, 4.69) is 20.7 Å². The summed E-state index contributed by atoms with van der Waals surface area (Å²) < 4.78 is 32.6. The lowest BCUT2D eigenvalue weighted by molar-refractivity contribution is 0.0132. The number of nitrogens with zero attached hydrogens (tertiary/aromatic N) is 3. The summed E-state index contributed by atoms with van der Waals surface area (Å²) in [6.07, 6.45) is 0. The van der Waals surface area contributed by atoms with Crippen LogP contribution in [0, 0.1) is 0 Å². The monoisotopic (exact) mass is 661 g/mol. The van der Waals surface area contributed by atoms with Crippen LogP contribution in [0.1, 0.15) is 60.5 Å². The fraction of sp³-hybridized carbons (Fsp3) is 0.205. The summed E-state index contributed by atoms with van der Waals surface area (Å²) in [7, 11) is 0. The van der Waals surface area contributed by atoms with E-state index in [1.165, 1.54) is 6.07 Å². The van der Waals surface area contributed by atoms with E-state index >= 15 is 8.78 Å². The van der Waals surface area contributed by atoms with Crippen molar-refractivity contribution in [3.63, 3.8) is 0 Å². The van der Waals surface area contributed by atoms with Crippen molar-refractivity contribution < 1.29 is 23.8 Å². The SMILES string of the molecule is CC(F)(F)c1nn(C(c2ccccc2)(c2ccccc2)c2ccccc2)c2cc(NC(=O)N[C@@H](c3ccccc3)C(C)(C)O)nc(CO)c12. The van der Waals surface area contributed by atoms with Gasteiger partial charge in [-0.05, 0) is 36.1 Å². The molecule has 2 amide bonds. The van der Waals surface area contributed by atoms with Gasteiger partial charge in [0.05, 0.1) is 34.8 Å². The number of aliphatic hydroxyl groups is 2. The second-order valence-corrected chi connectivity index (χ2v) is 12.6. The van der Waals surface area contributed by atoms with Gasteiger partial charge in [-0.3, -0.25) is 5.32 Å². The van der Waals surface area contributed by atoms with Crippen LogP contribution >= 0.6 is 0 Å². The molecule has 0 spiro atoms. The first kappa shape index (κ1) is 33.5. The number of aromatic nitrogens is 3. The van der Waals surface area contributed by atoms with Crippen LogP contribution in [0.3, 0.4) is 0 Å². The second-order valence-electron chi connectivity index (χ2n) is 12.6. The Morgan fingerprint density at radius 1 is 0.796 bits per heavy atom. The van der Waals surface area contributed by atoms with Crippen LogP contribution in [0.4, 0.5) is 19.4 Å². The lowest BCUT2D eigenvalue weighted by atomic mass is 9.77. The summed E-state index contributed by atoms with van der Waals surface area (Å²) in [6, 6.07) is 37.4. The Hall–Kier alpha value is -5.45. The van der Waals surface area contributed by atoms with E-state index in [4.69, 9.17) is 0 Å². The number of aliphatic hydroxyl groups excluding tert-OH is 1. The first-order chi connectivity index (χ1) is 23.4. The minimum absolute atomic E-state index is 0.00758. The fourth-order valence-electron chi connectivity index (χ4n) is 6.46. The average molecular weight is 662 g/mol. The van der Waals surface area contributed by atoms with E-state index in [9.17, 15) is 15.0 Å². The summed E-state index contributed by atoms with van der Waals surface area (Å²) in [5.41, 5.74) is -0.143. The number of fused-ring (bicyclic) bond motifs is 1. The molecule has 4 aromatic carbocycles. The number of urea groups is 1. The number of pyridine rings is 1. The molecular weight excluding hydrogens is 624 g/mol. The van der Waals surface area contributed by atoms with Gasteiger partial charge in [0.1, 0.15) is 17.1 Å². The van der Waals surface area contributed by atoms with Gasteiger partial charge in [0.25, 0.3) is 5.92 Å². The van der Waals surface area contributed by atoms with Crippen molar-refractivity contribution in [2.24, 2.45) is 0 Å². The first-order valence-electron chi connectivity index (χ1n) is 15.9. The highest BCUT2D eigenvalue weighted by molar-refractivity contribution is 5.93. The van der Waals surface area contributed by atoms with Crippen molar-refractivity contribution in [1.82, 2.24) is 20.1 Å². The molecule has 2 heterocycles. The van der Waals surface area contributed by atoms with Crippen molar-refractivity contribution in [3.05, 3.63) is 161 Å². The predicted octanol–water partition coefficient (Wildman–Crippen LogP) is 7.51. The standard InChI is InChI=1S/C39H37F2N5O3/c1-37(2,49)34(26-16-8-4-9-17-26)44-36(48)43-32-24-31-33(30(25-47)42-32)35(38(3,40)41)45-46(31)39(27-18-10-5-11-19-27,28-20-12-6-13-21-28)29-22-14-7-15-23-29/h4-24,34,47,49H,25H2,1-3H3,(H2,42,43,44,48)/t34-/m0/s1. The van der Waals surface area contributed by atoms with Crippen molar-refractivity contribution in [1.29, 1.82) is 0 Å². The molecule has 0 unspecified atom stereocenters. The number of benzene rings is 4. The molecule has 250 valence electrons. The maximum absolute atomic E-state index is 15.5. The number of alkyl halides is 2. The summed E-state index contributed by atoms with van der Waals surface area (Å²) in [4.78, 5) is 17.9. The fourth-order valence-corrected chi connectivity index (χ4v) is 6.46. The minimum Gasteiger partial charge on any atom is -0.390 e. The average Bonchev–Trinajstić information content (AvgIpc) is 3.49. The molecule has 10 heteroatoms. The number of anilines is 1. The molecule has 2 aromatic heterocycles. The maximum Gasteiger partial charge on any atom is 0.320 e. The van der Waals surface area contributed by atoms with Gasteiger partial charge in [-0.15, -0.1) is 0 Å². The zero-order chi connectivity index (χ0) is 34.8. The zero-order valence-electron chi connectivity index (χ0n) is 27.3. The van der Waals surface area contributed by atoms with Gasteiger partial charge in [0, 0.05) is 13.0 Å². The second kappa shape index (κ2) is 13.2. The normalized spacial score (nSPS) is 12.9. The van der Waals surface area contributed by atoms with Gasteiger partial charge in [-0.2, -0.15) is 13.9 Å². The number of nitrogens with one attached hydrogen (secondary N) is 2. The number of carbonyl (C=O) groups is 1. The van der Waals surface area contributed by atoms with Crippen LogP contribution in [-0.4, -0.2) is 36.6 Å². The molecule has 0 bridgehead atoms. The van der Waals surface area contributed by atoms with E-state index in [0.717, 1.165) is 23.6 Å². The lowest BCUT2D eigenvalue weighted by Crippen LogP contribution is -2.44. The summed E-state index contributed by atoms with van der Waals surface area (Å²) in [5.74, 6) is -3.43. The molecule has 6 rings (SSSR count). The van der Waals surface area contributed by atoms with Crippen molar-refractivity contribution in [2.75, 3.05) is 5.32 Å². The third-order valence-electron chi connectivity index (χ3n) is 8.55. The van der Waals surface area contributed by atoms with Crippen molar-refractivity contribution in [2.45, 2.75) is 50.5 Å². The maximum atomic E-state index is 15.5. The van der Waals surface area contributed by atoms with E-state index < -0.39 is 41.4 Å². The number of hydrogen-bond donors (Lipinski definition) is 4. The summed E-state index contributed by atoms with van der Waals surface area (Å²) >= 11 is 0. The van der Waals surface area contributed by atoms with Crippen LogP contribution in [-0.2, 0) is 18.1 Å². The molecule has 0 saturated heterocycles. The predicted molar refractivity (Wildman–Crippen MR) is 185 cm³/mol. The van der Waals surface area contributed by atoms with E-state index in [-0.39, 0.29) is 22.4 Å². The molecule has 0 aliphatic carbocycles. The number of hydrogen-bond acceptors (Lipinski definition) is 5. The molecule has 1 atom stereocenters. The van der Waals surface area contributed by atoms with Crippen LogP contribution in [0.25, 0.3) is 10.9 Å². The Kier molecular flexibility index (Phi) is 9.02. The number of halogens is 2. The van der Waals surface area contributed by atoms with Gasteiger partial charge >= 0.3 is 6.03 Å². The van der Waals surface area contributed by atoms with Gasteiger partial charge in [0.2, 0.25) is 0 Å². The van der Waals surface area contributed by atoms with Crippen LogP contribution in [0.2, 0.25) is 0 Å². The van der Waals surface area contributed by atoms with Gasteiger partial charge < -0.3 is 15.5 Å². The molecule has 49 heavy (non-hydrogen) atoms. The molecule has 4 N–H and O–H groups in total. The van der Waals surface area contributed by atoms with Gasteiger partial charge in [-0.25, -0.2) is 14.5 Å². The quantitative estimate of drug-likeness (QED) is 0.114. The molecule has 0 aliphatic rings. The number of carbonyl (C=O) groups excluding carboxylic acids is 1. The highest BCUT2D eigenvalue weighted by Gasteiger charge is 2.44. The molecule has 0 saturated carbocycles. The third kappa shape index (κ3) is 6.40. The number of amides is 2. The first-order valence-corrected chi connectivity index (χ1v) is 15.9. The van der Waals surface area contributed by atoms with E-state index in [1.807, 2.05) is 97.1 Å². The van der Waals surface area contributed by atoms with Gasteiger partial charge in [-0.1, -0.05) is 121 Å². The Bertz CT molecular complexity index is 1950. The van der Waals surface area contributed by atoms with Crippen LogP contribution < -0.4 is 10.6 Å². The third-order valence-corrected chi connectivity index (χ3v) is 8.55. The number of rotatable bonds is 10. The molecule has 0 aliphatic heterocycles. The Morgan fingerprint density at radius 3 is 1.69 bits per heavy atom. The van der Waals surface area contributed by atoms with Crippen LogP contribution in [0.5, 0.6) is 0 Å². The highest BCUT2D eigenvalue weighted by Crippen LogP contribution is 2.45. The van der Waals surface area contributed by atoms with E-state index in [1.54, 1.807) is 42.8 Å². The Morgan fingerprint density at radius 2 is 1.27 bits per heavy atom. The van der Waals surface area contributed by atoms with Gasteiger partial charge in [0.15, 0.2) is 0 Å². The van der Waals surface area contributed by atoms with Crippen LogP contribution in [0.15, 0.2) is 127 Å². The molecule has 0 radical (unpaired) electrons. The summed E-state index contributed by atoms with van der Waals surface area (Å²) in [5, 5.41) is 31.6.